The molecule has 0 aliphatic carbocycles. The van der Waals surface area contributed by atoms with Gasteiger partial charge in [0.15, 0.2) is 0 Å². The number of hydrogen-bond donors (Lipinski definition) is 0. The van der Waals surface area contributed by atoms with E-state index in [0.29, 0.717) is 4.90 Å². The molecule has 3 rings (SSSR count). The van der Waals surface area contributed by atoms with Gasteiger partial charge in [-0.15, -0.1) is 0 Å². The van der Waals surface area contributed by atoms with Crippen LogP contribution >= 0.6 is 0 Å². The summed E-state index contributed by atoms with van der Waals surface area (Å²) in [6.07, 6.45) is 2.98. The summed E-state index contributed by atoms with van der Waals surface area (Å²) in [5.74, 6) is 0. The molecule has 1 saturated heterocycles. The maximum atomic E-state index is 13.1. The summed E-state index contributed by atoms with van der Waals surface area (Å²) in [7, 11) is -3.45. The molecule has 2 aromatic carbocycles. The van der Waals surface area contributed by atoms with E-state index in [-0.39, 0.29) is 12.1 Å². The van der Waals surface area contributed by atoms with Crippen molar-refractivity contribution in [2.45, 2.75) is 50.1 Å². The van der Waals surface area contributed by atoms with Crippen molar-refractivity contribution in [2.75, 3.05) is 0 Å². The lowest BCUT2D eigenvalue weighted by atomic mass is 10.0. The van der Waals surface area contributed by atoms with Crippen molar-refractivity contribution >= 4 is 20.8 Å². The van der Waals surface area contributed by atoms with E-state index in [1.165, 1.54) is 0 Å². The summed E-state index contributed by atoms with van der Waals surface area (Å²) < 4.78 is 28.0. The average Bonchev–Trinajstić information content (AvgIpc) is 2.46. The molecule has 0 aromatic heterocycles. The van der Waals surface area contributed by atoms with E-state index < -0.39 is 10.0 Å². The summed E-state index contributed by atoms with van der Waals surface area (Å²) in [5, 5.41) is 1.78. The van der Waals surface area contributed by atoms with Crippen LogP contribution in [-0.4, -0.2) is 24.8 Å². The van der Waals surface area contributed by atoms with E-state index in [0.717, 1.165) is 30.0 Å². The topological polar surface area (TPSA) is 37.4 Å². The number of sulfonamides is 1. The summed E-state index contributed by atoms with van der Waals surface area (Å²) in [6.45, 7) is 4.02. The first kappa shape index (κ1) is 14.5. The zero-order valence-electron chi connectivity index (χ0n) is 12.5. The van der Waals surface area contributed by atoms with E-state index in [4.69, 9.17) is 0 Å². The first-order valence-corrected chi connectivity index (χ1v) is 8.97. The Morgan fingerprint density at radius 1 is 0.952 bits per heavy atom. The molecule has 1 aliphatic heterocycles. The standard InChI is InChI=1S/C17H21NO2S/c1-13-7-5-8-14(2)18(13)21(19,20)17-12-6-10-15-9-3-4-11-16(15)17/h3-4,6,9-14H,5,7-8H2,1-2H3. The zero-order valence-corrected chi connectivity index (χ0v) is 13.3. The molecule has 1 aliphatic rings. The Morgan fingerprint density at radius 2 is 1.57 bits per heavy atom. The fraction of sp³-hybridized carbons (Fsp3) is 0.412. The van der Waals surface area contributed by atoms with E-state index in [1.807, 2.05) is 50.2 Å². The molecule has 0 radical (unpaired) electrons. The van der Waals surface area contributed by atoms with Crippen LogP contribution in [0.5, 0.6) is 0 Å². The first-order chi connectivity index (χ1) is 10.0. The molecular formula is C17H21NO2S. The van der Waals surface area contributed by atoms with Crippen LogP contribution in [0.3, 0.4) is 0 Å². The van der Waals surface area contributed by atoms with Crippen molar-refractivity contribution in [3.05, 3.63) is 42.5 Å². The smallest absolute Gasteiger partial charge is 0.207 e. The van der Waals surface area contributed by atoms with Gasteiger partial charge in [-0.05, 0) is 38.1 Å². The fourth-order valence-electron chi connectivity index (χ4n) is 3.41. The first-order valence-electron chi connectivity index (χ1n) is 7.53. The van der Waals surface area contributed by atoms with Gasteiger partial charge in [0.25, 0.3) is 0 Å². The van der Waals surface area contributed by atoms with Crippen LogP contribution in [0.4, 0.5) is 0 Å². The predicted octanol–water partition coefficient (Wildman–Crippen LogP) is 3.79. The van der Waals surface area contributed by atoms with Gasteiger partial charge in [-0.2, -0.15) is 4.31 Å². The number of fused-ring (bicyclic) bond motifs is 1. The van der Waals surface area contributed by atoms with E-state index in [2.05, 4.69) is 0 Å². The molecule has 3 nitrogen and oxygen atoms in total. The van der Waals surface area contributed by atoms with Crippen molar-refractivity contribution in [3.63, 3.8) is 0 Å². The molecule has 0 spiro atoms. The lowest BCUT2D eigenvalue weighted by molar-refractivity contribution is 0.204. The minimum atomic E-state index is -3.45. The highest BCUT2D eigenvalue weighted by Crippen LogP contribution is 2.32. The molecule has 2 unspecified atom stereocenters. The van der Waals surface area contributed by atoms with Gasteiger partial charge in [0.1, 0.15) is 0 Å². The number of hydrogen-bond acceptors (Lipinski definition) is 2. The molecule has 1 heterocycles. The third-order valence-electron chi connectivity index (χ3n) is 4.42. The SMILES string of the molecule is CC1CCCC(C)N1S(=O)(=O)c1cccc2ccccc12. The maximum absolute atomic E-state index is 13.1. The van der Waals surface area contributed by atoms with Crippen molar-refractivity contribution in [2.24, 2.45) is 0 Å². The van der Waals surface area contributed by atoms with Crippen molar-refractivity contribution < 1.29 is 8.42 Å². The molecule has 4 heteroatoms. The van der Waals surface area contributed by atoms with Crippen molar-refractivity contribution in [1.82, 2.24) is 4.31 Å². The Bertz CT molecular complexity index is 739. The fourth-order valence-corrected chi connectivity index (χ4v) is 5.51. The molecule has 2 atom stereocenters. The second-order valence-corrected chi connectivity index (χ2v) is 7.75. The van der Waals surface area contributed by atoms with E-state index in [1.54, 1.807) is 10.4 Å². The largest absolute Gasteiger partial charge is 0.244 e. The van der Waals surface area contributed by atoms with Gasteiger partial charge in [-0.3, -0.25) is 0 Å². The summed E-state index contributed by atoms with van der Waals surface area (Å²) in [5.41, 5.74) is 0. The summed E-state index contributed by atoms with van der Waals surface area (Å²) >= 11 is 0. The second kappa shape index (κ2) is 5.43. The Labute approximate surface area is 126 Å². The van der Waals surface area contributed by atoms with Gasteiger partial charge in [0.2, 0.25) is 10.0 Å². The van der Waals surface area contributed by atoms with Gasteiger partial charge in [0, 0.05) is 17.5 Å². The lowest BCUT2D eigenvalue weighted by Crippen LogP contribution is -2.47. The molecule has 21 heavy (non-hydrogen) atoms. The monoisotopic (exact) mass is 303 g/mol. The Kier molecular flexibility index (Phi) is 3.76. The number of benzene rings is 2. The van der Waals surface area contributed by atoms with Crippen LogP contribution < -0.4 is 0 Å². The minimum Gasteiger partial charge on any atom is -0.207 e. The highest BCUT2D eigenvalue weighted by Gasteiger charge is 2.36. The zero-order chi connectivity index (χ0) is 15.0. The number of piperidine rings is 1. The van der Waals surface area contributed by atoms with E-state index in [9.17, 15) is 8.42 Å². The highest BCUT2D eigenvalue weighted by atomic mass is 32.2. The van der Waals surface area contributed by atoms with Crippen LogP contribution in [0.1, 0.15) is 33.1 Å². The van der Waals surface area contributed by atoms with Crippen LogP contribution in [0.15, 0.2) is 47.4 Å². The van der Waals surface area contributed by atoms with Crippen LogP contribution in [-0.2, 0) is 10.0 Å². The Morgan fingerprint density at radius 3 is 2.29 bits per heavy atom. The lowest BCUT2D eigenvalue weighted by Gasteiger charge is -2.37. The highest BCUT2D eigenvalue weighted by molar-refractivity contribution is 7.89. The van der Waals surface area contributed by atoms with Crippen LogP contribution in [0.2, 0.25) is 0 Å². The van der Waals surface area contributed by atoms with Crippen molar-refractivity contribution in [3.8, 4) is 0 Å². The van der Waals surface area contributed by atoms with Crippen LogP contribution in [0, 0.1) is 0 Å². The van der Waals surface area contributed by atoms with Crippen LogP contribution in [0.25, 0.3) is 10.8 Å². The van der Waals surface area contributed by atoms with Gasteiger partial charge >= 0.3 is 0 Å². The normalized spacial score (nSPS) is 24.3. The quantitative estimate of drug-likeness (QED) is 0.846. The van der Waals surface area contributed by atoms with Crippen molar-refractivity contribution in [1.29, 1.82) is 0 Å². The maximum Gasteiger partial charge on any atom is 0.244 e. The molecule has 1 fully saturated rings. The van der Waals surface area contributed by atoms with Gasteiger partial charge in [-0.1, -0.05) is 42.8 Å². The molecule has 0 N–H and O–H groups in total. The number of rotatable bonds is 2. The predicted molar refractivity (Wildman–Crippen MR) is 85.7 cm³/mol. The second-order valence-electron chi connectivity index (χ2n) is 5.94. The number of nitrogens with zero attached hydrogens (tertiary/aromatic N) is 1. The minimum absolute atomic E-state index is 0.0673. The van der Waals surface area contributed by atoms with E-state index >= 15 is 0 Å². The summed E-state index contributed by atoms with van der Waals surface area (Å²) in [4.78, 5) is 0.432. The Hall–Kier alpha value is -1.39. The van der Waals surface area contributed by atoms with Gasteiger partial charge in [0.05, 0.1) is 4.90 Å². The molecule has 2 aromatic rings. The van der Waals surface area contributed by atoms with Gasteiger partial charge in [-0.25, -0.2) is 8.42 Å². The summed E-state index contributed by atoms with van der Waals surface area (Å²) in [6, 6.07) is 13.3. The third-order valence-corrected chi connectivity index (χ3v) is 6.60. The third kappa shape index (κ3) is 2.47. The molecule has 0 amide bonds. The molecule has 0 saturated carbocycles. The van der Waals surface area contributed by atoms with Gasteiger partial charge < -0.3 is 0 Å². The average molecular weight is 303 g/mol. The molecular weight excluding hydrogens is 282 g/mol. The Balaban J connectivity index is 2.16. The molecule has 112 valence electrons. The molecule has 0 bridgehead atoms.